The summed E-state index contributed by atoms with van der Waals surface area (Å²) >= 11 is 0. The number of rotatable bonds is 0. The maximum atomic E-state index is 11.3. The summed E-state index contributed by atoms with van der Waals surface area (Å²) in [4.78, 5) is 16.8. The highest BCUT2D eigenvalue weighted by Crippen LogP contribution is 2.16. The number of nitrogen functional groups attached to an aromatic ring is 1. The molecule has 0 aromatic carbocycles. The highest BCUT2D eigenvalue weighted by Gasteiger charge is 2.03. The second-order valence-corrected chi connectivity index (χ2v) is 2.81. The van der Waals surface area contributed by atoms with Crippen LogP contribution in [0, 0.1) is 6.92 Å². The Morgan fingerprint density at radius 3 is 3.00 bits per heavy atom. The van der Waals surface area contributed by atoms with E-state index in [1.54, 1.807) is 6.20 Å². The lowest BCUT2D eigenvalue weighted by Crippen LogP contribution is -2.06. The van der Waals surface area contributed by atoms with Crippen molar-refractivity contribution in [3.05, 3.63) is 28.3 Å². The van der Waals surface area contributed by atoms with E-state index in [0.29, 0.717) is 11.2 Å². The molecule has 0 amide bonds. The van der Waals surface area contributed by atoms with Crippen LogP contribution in [0.1, 0.15) is 5.69 Å². The number of hydrogen-bond acceptors (Lipinski definition) is 2. The molecule has 0 spiro atoms. The second-order valence-electron chi connectivity index (χ2n) is 2.81. The molecule has 0 saturated carbocycles. The summed E-state index contributed by atoms with van der Waals surface area (Å²) in [5.41, 5.74) is 7.48. The highest BCUT2D eigenvalue weighted by molar-refractivity contribution is 5.90. The second kappa shape index (κ2) is 2.14. The van der Waals surface area contributed by atoms with Gasteiger partial charge in [-0.05, 0) is 13.0 Å². The van der Waals surface area contributed by atoms with Gasteiger partial charge in [-0.1, -0.05) is 0 Å². The largest absolute Gasteiger partial charge is 0.397 e. The van der Waals surface area contributed by atoms with Crippen molar-refractivity contribution in [3.63, 3.8) is 0 Å². The number of aromatic nitrogens is 2. The number of nitrogens with one attached hydrogen (secondary N) is 2. The number of hydrogen-bond donors (Lipinski definition) is 3. The molecule has 0 aliphatic rings. The maximum Gasteiger partial charge on any atom is 0.272 e. The van der Waals surface area contributed by atoms with Crippen LogP contribution >= 0.6 is 0 Å². The van der Waals surface area contributed by atoms with Gasteiger partial charge in [0.15, 0.2) is 0 Å². The third kappa shape index (κ3) is 0.812. The van der Waals surface area contributed by atoms with E-state index in [4.69, 9.17) is 5.73 Å². The number of nitrogens with two attached hydrogens (primary N) is 1. The first-order valence-corrected chi connectivity index (χ1v) is 3.65. The Morgan fingerprint density at radius 1 is 1.50 bits per heavy atom. The van der Waals surface area contributed by atoms with E-state index < -0.39 is 0 Å². The Morgan fingerprint density at radius 2 is 2.25 bits per heavy atom. The number of anilines is 1. The summed E-state index contributed by atoms with van der Waals surface area (Å²) in [7, 11) is 0. The number of pyridine rings is 1. The predicted molar refractivity (Wildman–Crippen MR) is 48.1 cm³/mol. The lowest BCUT2D eigenvalue weighted by atomic mass is 10.2. The van der Waals surface area contributed by atoms with E-state index in [-0.39, 0.29) is 5.56 Å². The number of aryl methyl sites for hydroxylation is 1. The van der Waals surface area contributed by atoms with Gasteiger partial charge in [-0.15, -0.1) is 0 Å². The van der Waals surface area contributed by atoms with E-state index in [9.17, 15) is 4.79 Å². The number of aromatic amines is 2. The van der Waals surface area contributed by atoms with E-state index in [0.717, 1.165) is 11.1 Å². The van der Waals surface area contributed by atoms with Crippen molar-refractivity contribution >= 4 is 16.6 Å². The molecule has 0 aliphatic carbocycles. The Kier molecular flexibility index (Phi) is 1.24. The molecular weight excluding hydrogens is 154 g/mol. The molecule has 0 radical (unpaired) electrons. The molecule has 4 heteroatoms. The van der Waals surface area contributed by atoms with E-state index in [1.807, 2.05) is 13.0 Å². The Labute approximate surface area is 68.4 Å². The SMILES string of the molecule is Cc1cc2c(N)c[nH]c2c(=O)[nH]1. The Bertz CT molecular complexity index is 480. The highest BCUT2D eigenvalue weighted by atomic mass is 16.1. The maximum absolute atomic E-state index is 11.3. The van der Waals surface area contributed by atoms with E-state index >= 15 is 0 Å². The molecular formula is C8H9N3O. The summed E-state index contributed by atoms with van der Waals surface area (Å²) in [6.45, 7) is 1.83. The average Bonchev–Trinajstić information content (AvgIpc) is 2.33. The zero-order valence-electron chi connectivity index (χ0n) is 6.64. The van der Waals surface area contributed by atoms with Crippen LogP contribution in [0.4, 0.5) is 5.69 Å². The summed E-state index contributed by atoms with van der Waals surface area (Å²) in [5, 5.41) is 0.788. The topological polar surface area (TPSA) is 74.7 Å². The number of fused-ring (bicyclic) bond motifs is 1. The minimum Gasteiger partial charge on any atom is -0.397 e. The molecule has 2 aromatic heterocycles. The zero-order chi connectivity index (χ0) is 8.72. The molecule has 0 bridgehead atoms. The predicted octanol–water partition coefficient (Wildman–Crippen LogP) is 0.747. The van der Waals surface area contributed by atoms with E-state index in [1.165, 1.54) is 0 Å². The molecule has 0 fully saturated rings. The summed E-state index contributed by atoms with van der Waals surface area (Å²) in [6.07, 6.45) is 1.62. The fraction of sp³-hybridized carbons (Fsp3) is 0.125. The van der Waals surface area contributed by atoms with Gasteiger partial charge in [-0.25, -0.2) is 0 Å². The fourth-order valence-corrected chi connectivity index (χ4v) is 1.29. The standard InChI is InChI=1S/C8H9N3O/c1-4-2-5-6(9)3-10-7(5)8(12)11-4/h2-3,10H,9H2,1H3,(H,11,12). The lowest BCUT2D eigenvalue weighted by molar-refractivity contribution is 1.16. The fourth-order valence-electron chi connectivity index (χ4n) is 1.29. The smallest absolute Gasteiger partial charge is 0.272 e. The van der Waals surface area contributed by atoms with Crippen molar-refractivity contribution in [1.29, 1.82) is 0 Å². The van der Waals surface area contributed by atoms with Crippen molar-refractivity contribution < 1.29 is 0 Å². The van der Waals surface area contributed by atoms with Gasteiger partial charge in [0, 0.05) is 17.3 Å². The van der Waals surface area contributed by atoms with Gasteiger partial charge in [0.2, 0.25) is 0 Å². The van der Waals surface area contributed by atoms with Gasteiger partial charge in [-0.3, -0.25) is 4.79 Å². The average molecular weight is 163 g/mol. The molecule has 4 N–H and O–H groups in total. The summed E-state index contributed by atoms with van der Waals surface area (Å²) < 4.78 is 0. The van der Waals surface area contributed by atoms with Crippen molar-refractivity contribution in [3.8, 4) is 0 Å². The first kappa shape index (κ1) is 6.97. The molecule has 0 saturated heterocycles. The first-order valence-electron chi connectivity index (χ1n) is 3.65. The Balaban J connectivity index is 3.03. The van der Waals surface area contributed by atoms with Crippen molar-refractivity contribution in [2.24, 2.45) is 0 Å². The van der Waals surface area contributed by atoms with Gasteiger partial charge in [-0.2, -0.15) is 0 Å². The lowest BCUT2D eigenvalue weighted by Gasteiger charge is -1.93. The normalized spacial score (nSPS) is 10.8. The van der Waals surface area contributed by atoms with Crippen LogP contribution in [0.25, 0.3) is 10.9 Å². The summed E-state index contributed by atoms with van der Waals surface area (Å²) in [6, 6.07) is 1.85. The molecule has 2 rings (SSSR count). The van der Waals surface area contributed by atoms with Gasteiger partial charge in [0.25, 0.3) is 5.56 Å². The van der Waals surface area contributed by atoms with Crippen LogP contribution in [-0.2, 0) is 0 Å². The molecule has 12 heavy (non-hydrogen) atoms. The van der Waals surface area contributed by atoms with Gasteiger partial charge >= 0.3 is 0 Å². The number of H-pyrrole nitrogens is 2. The minimum absolute atomic E-state index is 0.123. The van der Waals surface area contributed by atoms with E-state index in [2.05, 4.69) is 9.97 Å². The van der Waals surface area contributed by atoms with Gasteiger partial charge < -0.3 is 15.7 Å². The molecule has 0 aliphatic heterocycles. The monoisotopic (exact) mass is 163 g/mol. The molecule has 62 valence electrons. The zero-order valence-corrected chi connectivity index (χ0v) is 6.64. The molecule has 2 heterocycles. The van der Waals surface area contributed by atoms with Crippen molar-refractivity contribution in [2.75, 3.05) is 5.73 Å². The van der Waals surface area contributed by atoms with Crippen LogP contribution in [0.3, 0.4) is 0 Å². The molecule has 4 nitrogen and oxygen atoms in total. The molecule has 2 aromatic rings. The van der Waals surface area contributed by atoms with Gasteiger partial charge in [0.1, 0.15) is 5.52 Å². The minimum atomic E-state index is -0.123. The van der Waals surface area contributed by atoms with Crippen LogP contribution in [-0.4, -0.2) is 9.97 Å². The first-order chi connectivity index (χ1) is 5.68. The van der Waals surface area contributed by atoms with Crippen LogP contribution in [0.2, 0.25) is 0 Å². The summed E-state index contributed by atoms with van der Waals surface area (Å²) in [5.74, 6) is 0. The van der Waals surface area contributed by atoms with Gasteiger partial charge in [0.05, 0.1) is 5.69 Å². The molecule has 0 unspecified atom stereocenters. The van der Waals surface area contributed by atoms with Crippen LogP contribution < -0.4 is 11.3 Å². The van der Waals surface area contributed by atoms with Crippen molar-refractivity contribution in [1.82, 2.24) is 9.97 Å². The third-order valence-corrected chi connectivity index (χ3v) is 1.85. The quantitative estimate of drug-likeness (QED) is 0.536. The molecule has 0 atom stereocenters. The Hall–Kier alpha value is -1.71. The van der Waals surface area contributed by atoms with Crippen LogP contribution in [0.15, 0.2) is 17.1 Å². The third-order valence-electron chi connectivity index (χ3n) is 1.85. The van der Waals surface area contributed by atoms with Crippen molar-refractivity contribution in [2.45, 2.75) is 6.92 Å². The van der Waals surface area contributed by atoms with Crippen LogP contribution in [0.5, 0.6) is 0 Å².